The first kappa shape index (κ1) is 23.3. The van der Waals surface area contributed by atoms with Gasteiger partial charge >= 0.3 is 23.9 Å². The van der Waals surface area contributed by atoms with Crippen LogP contribution in [0.25, 0.3) is 11.1 Å². The van der Waals surface area contributed by atoms with Crippen molar-refractivity contribution in [1.82, 2.24) is 0 Å². The Morgan fingerprint density at radius 2 is 0.811 bits per heavy atom. The maximum Gasteiger partial charge on any atom is 0.346 e. The van der Waals surface area contributed by atoms with Crippen molar-refractivity contribution in [2.75, 3.05) is 11.5 Å². The molecule has 0 aromatic heterocycles. The second kappa shape index (κ2) is 9.31. The Balaban J connectivity index is 0.000000164. The zero-order valence-electron chi connectivity index (χ0n) is 19.1. The van der Waals surface area contributed by atoms with E-state index >= 15 is 0 Å². The third-order valence-corrected chi connectivity index (χ3v) is 5.62. The van der Waals surface area contributed by atoms with Gasteiger partial charge in [0.15, 0.2) is 0 Å². The number of nitrogens with two attached hydrogens (primary N) is 2. The lowest BCUT2D eigenvalue weighted by Gasteiger charge is -2.05. The number of carbonyl (C=O) groups is 4. The summed E-state index contributed by atoms with van der Waals surface area (Å²) in [7, 11) is 0. The molecule has 0 atom stereocenters. The van der Waals surface area contributed by atoms with E-state index in [9.17, 15) is 19.2 Å². The van der Waals surface area contributed by atoms with Crippen LogP contribution in [0.1, 0.15) is 41.4 Å². The molecule has 2 aliphatic heterocycles. The Labute approximate surface area is 210 Å². The minimum absolute atomic E-state index is 0.182. The average Bonchev–Trinajstić information content (AvgIpc) is 3.35. The fourth-order valence-corrected chi connectivity index (χ4v) is 3.74. The number of hydrogen-bond acceptors (Lipinski definition) is 9. The fraction of sp³-hybridized carbons (Fsp3) is 0. The Morgan fingerprint density at radius 3 is 1.19 bits per heavy atom. The van der Waals surface area contributed by atoms with Crippen molar-refractivity contribution in [3.8, 4) is 22.6 Å². The molecule has 0 fully saturated rings. The van der Waals surface area contributed by atoms with E-state index in [1.165, 1.54) is 24.3 Å². The molecule has 4 aromatic carbocycles. The summed E-state index contributed by atoms with van der Waals surface area (Å²) in [6, 6.07) is 23.8. The summed E-state index contributed by atoms with van der Waals surface area (Å²) in [4.78, 5) is 46.0. The number of anilines is 2. The highest BCUT2D eigenvalue weighted by Gasteiger charge is 2.31. The van der Waals surface area contributed by atoms with Gasteiger partial charge in [-0.1, -0.05) is 12.1 Å². The number of esters is 4. The van der Waals surface area contributed by atoms with E-state index in [0.29, 0.717) is 11.1 Å². The smallest absolute Gasteiger partial charge is 0.346 e. The van der Waals surface area contributed by atoms with Gasteiger partial charge in [-0.2, -0.15) is 0 Å². The van der Waals surface area contributed by atoms with Crippen molar-refractivity contribution in [3.05, 3.63) is 107 Å². The Kier molecular flexibility index (Phi) is 5.86. The fourth-order valence-electron chi connectivity index (χ4n) is 3.74. The number of carbonyl (C=O) groups excluding carboxylic acids is 4. The molecule has 4 aromatic rings. The summed E-state index contributed by atoms with van der Waals surface area (Å²) < 4.78 is 14.6. The van der Waals surface area contributed by atoms with E-state index in [0.717, 1.165) is 22.9 Å². The second-order valence-electron chi connectivity index (χ2n) is 8.11. The van der Waals surface area contributed by atoms with Crippen LogP contribution < -0.4 is 16.2 Å². The molecule has 182 valence electrons. The van der Waals surface area contributed by atoms with Crippen LogP contribution in [0.3, 0.4) is 0 Å². The molecule has 37 heavy (non-hydrogen) atoms. The summed E-state index contributed by atoms with van der Waals surface area (Å²) in [5, 5.41) is 0. The van der Waals surface area contributed by atoms with Crippen molar-refractivity contribution in [2.24, 2.45) is 0 Å². The number of nitrogen functional groups attached to an aromatic ring is 2. The molecule has 2 heterocycles. The van der Waals surface area contributed by atoms with Crippen LogP contribution in [0.5, 0.6) is 11.5 Å². The van der Waals surface area contributed by atoms with E-state index < -0.39 is 23.9 Å². The van der Waals surface area contributed by atoms with Crippen LogP contribution in [-0.4, -0.2) is 23.9 Å². The normalized spacial score (nSPS) is 13.2. The lowest BCUT2D eigenvalue weighted by molar-refractivity contribution is 0.0425. The van der Waals surface area contributed by atoms with Crippen LogP contribution in [0.4, 0.5) is 11.4 Å². The van der Waals surface area contributed by atoms with Crippen molar-refractivity contribution in [2.45, 2.75) is 0 Å². The van der Waals surface area contributed by atoms with Crippen LogP contribution in [-0.2, 0) is 9.47 Å². The number of rotatable bonds is 3. The molecular weight excluding hydrogens is 476 g/mol. The molecule has 0 saturated carbocycles. The predicted molar refractivity (Wildman–Crippen MR) is 133 cm³/mol. The minimum atomic E-state index is -0.697. The highest BCUT2D eigenvalue weighted by atomic mass is 16.6. The number of hydrogen-bond donors (Lipinski definition) is 2. The molecule has 0 aliphatic carbocycles. The van der Waals surface area contributed by atoms with Gasteiger partial charge in [-0.3, -0.25) is 0 Å². The highest BCUT2D eigenvalue weighted by molar-refractivity contribution is 6.16. The number of ether oxygens (including phenoxy) is 3. The van der Waals surface area contributed by atoms with Gasteiger partial charge in [0, 0.05) is 11.4 Å². The van der Waals surface area contributed by atoms with Gasteiger partial charge in [0.25, 0.3) is 0 Å². The molecular formula is C28H18N2O7. The van der Waals surface area contributed by atoms with Crippen LogP contribution in [0, 0.1) is 0 Å². The molecule has 4 N–H and O–H groups in total. The van der Waals surface area contributed by atoms with Gasteiger partial charge in [-0.25, -0.2) is 19.2 Å². The lowest BCUT2D eigenvalue weighted by Crippen LogP contribution is -1.97. The van der Waals surface area contributed by atoms with Crippen molar-refractivity contribution >= 4 is 35.3 Å². The summed E-state index contributed by atoms with van der Waals surface area (Å²) in [6.45, 7) is 0. The predicted octanol–water partition coefficient (Wildman–Crippen LogP) is 4.62. The largest absolute Gasteiger partial charge is 0.457 e. The standard InChI is InChI=1S/C16H6O6.C12H12N2O/c17-13-9-3-1-7(5-11(9)15(19)21-13)8-2-4-10-12(6-8)16(20)22-14(10)18;13-9-1-5-11(6-2-9)15-12-7-3-10(14)4-8-12/h1-6H;1-8H,13-14H2. The topological polar surface area (TPSA) is 148 Å². The molecule has 0 unspecified atom stereocenters. The van der Waals surface area contributed by atoms with Crippen molar-refractivity contribution < 1.29 is 33.4 Å². The molecule has 0 amide bonds. The van der Waals surface area contributed by atoms with Gasteiger partial charge in [-0.15, -0.1) is 0 Å². The van der Waals surface area contributed by atoms with Crippen molar-refractivity contribution in [1.29, 1.82) is 0 Å². The number of cyclic esters (lactones) is 4. The van der Waals surface area contributed by atoms with E-state index in [2.05, 4.69) is 9.47 Å². The Bertz CT molecular complexity index is 1460. The maximum absolute atomic E-state index is 11.6. The quantitative estimate of drug-likeness (QED) is 0.236. The molecule has 6 rings (SSSR count). The van der Waals surface area contributed by atoms with Crippen LogP contribution in [0.2, 0.25) is 0 Å². The first-order valence-corrected chi connectivity index (χ1v) is 11.0. The third kappa shape index (κ3) is 4.73. The second-order valence-corrected chi connectivity index (χ2v) is 8.11. The van der Waals surface area contributed by atoms with Gasteiger partial charge in [0.2, 0.25) is 0 Å². The van der Waals surface area contributed by atoms with Gasteiger partial charge in [-0.05, 0) is 83.9 Å². The molecule has 0 spiro atoms. The first-order chi connectivity index (χ1) is 17.8. The van der Waals surface area contributed by atoms with Crippen LogP contribution in [0.15, 0.2) is 84.9 Å². The molecule has 0 bridgehead atoms. The van der Waals surface area contributed by atoms with E-state index in [1.807, 2.05) is 24.3 Å². The molecule has 0 saturated heterocycles. The minimum Gasteiger partial charge on any atom is -0.457 e. The van der Waals surface area contributed by atoms with Gasteiger partial charge in [0.1, 0.15) is 11.5 Å². The average molecular weight is 494 g/mol. The maximum atomic E-state index is 11.6. The molecule has 9 heteroatoms. The van der Waals surface area contributed by atoms with E-state index in [4.69, 9.17) is 16.2 Å². The summed E-state index contributed by atoms with van der Waals surface area (Å²) in [5.74, 6) is -1.22. The zero-order chi connectivity index (χ0) is 26.1. The summed E-state index contributed by atoms with van der Waals surface area (Å²) in [5.41, 5.74) is 14.6. The summed E-state index contributed by atoms with van der Waals surface area (Å²) >= 11 is 0. The monoisotopic (exact) mass is 494 g/mol. The first-order valence-electron chi connectivity index (χ1n) is 11.0. The Morgan fingerprint density at radius 1 is 0.459 bits per heavy atom. The van der Waals surface area contributed by atoms with Gasteiger partial charge < -0.3 is 25.7 Å². The summed E-state index contributed by atoms with van der Waals surface area (Å²) in [6.07, 6.45) is 0. The van der Waals surface area contributed by atoms with E-state index in [1.54, 1.807) is 36.4 Å². The molecule has 9 nitrogen and oxygen atoms in total. The van der Waals surface area contributed by atoms with E-state index in [-0.39, 0.29) is 22.3 Å². The molecule has 2 aliphatic rings. The molecule has 0 radical (unpaired) electrons. The van der Waals surface area contributed by atoms with Crippen molar-refractivity contribution in [3.63, 3.8) is 0 Å². The lowest BCUT2D eigenvalue weighted by atomic mass is 9.97. The Hall–Kier alpha value is -5.44. The number of benzene rings is 4. The number of fused-ring (bicyclic) bond motifs is 2. The SMILES string of the molecule is Nc1ccc(Oc2ccc(N)cc2)cc1.O=C1OC(=O)c2cc(-c3ccc4c(c3)C(=O)OC4=O)ccc21. The highest BCUT2D eigenvalue weighted by Crippen LogP contribution is 2.30. The zero-order valence-corrected chi connectivity index (χ0v) is 19.1. The van der Waals surface area contributed by atoms with Crippen LogP contribution >= 0.6 is 0 Å². The van der Waals surface area contributed by atoms with Gasteiger partial charge in [0.05, 0.1) is 22.3 Å². The third-order valence-electron chi connectivity index (χ3n) is 5.62.